The fraction of sp³-hybridized carbons (Fsp3) is 0.350. The fourth-order valence-corrected chi connectivity index (χ4v) is 8.68. The van der Waals surface area contributed by atoms with Crippen molar-refractivity contribution in [2.45, 2.75) is 55.4 Å². The van der Waals surface area contributed by atoms with Crippen LogP contribution in [0.15, 0.2) is 68.8 Å². The van der Waals surface area contributed by atoms with E-state index in [-0.39, 0.29) is 28.9 Å². The number of ether oxygens (including phenoxy) is 2. The molecule has 57 heavy (non-hydrogen) atoms. The van der Waals surface area contributed by atoms with E-state index in [9.17, 15) is 50.1 Å². The number of nitrogens with one attached hydrogen (secondary N) is 1. The van der Waals surface area contributed by atoms with Gasteiger partial charge in [0, 0.05) is 35.6 Å². The standard InChI is InChI=1S/C40H42N4O13/c1-43-15-39(17-45)10-4-7-22-20-6-3-2-5-18(20)11-24(30(22)39)23-12-19(46)8-9-21(23)26-13-25(47)29-27(55-26)14-28(31(48)32(29)49)56-37-35(51)40(54,16-44-38(41)42)34(50)33(57-37)36(52)53/h2-3,5-6,8-9,11-14,17,22,30,33-35,37,43,46,48-51,54H,4,7,10,15-16H2,1H3,(H,52,53)(H4,41,42,44)/t22-,30-,33+,34-,35+,37-,39+,40+/m1/s1. The van der Waals surface area contributed by atoms with Gasteiger partial charge in [-0.15, -0.1) is 0 Å². The normalized spacial score (nSPS) is 28.1. The Morgan fingerprint density at radius 2 is 1.81 bits per heavy atom. The van der Waals surface area contributed by atoms with E-state index in [1.807, 2.05) is 24.3 Å². The van der Waals surface area contributed by atoms with E-state index in [1.54, 1.807) is 13.1 Å². The number of phenols is 3. The molecule has 0 amide bonds. The number of hydrogen-bond donors (Lipinski definition) is 10. The molecule has 3 aliphatic rings. The molecule has 1 saturated heterocycles. The van der Waals surface area contributed by atoms with Crippen LogP contribution in [0.25, 0.3) is 33.9 Å². The number of nitrogens with zero attached hydrogens (tertiary/aromatic N) is 1. The second-order valence-electron chi connectivity index (χ2n) is 14.7. The van der Waals surface area contributed by atoms with Gasteiger partial charge in [0.2, 0.25) is 12.0 Å². The quantitative estimate of drug-likeness (QED) is 0.0469. The third-order valence-corrected chi connectivity index (χ3v) is 11.3. The third-order valence-electron chi connectivity index (χ3n) is 11.3. The lowest BCUT2D eigenvalue weighted by Crippen LogP contribution is -2.70. The molecule has 3 aromatic carbocycles. The second-order valence-corrected chi connectivity index (χ2v) is 14.7. The van der Waals surface area contributed by atoms with Crippen LogP contribution in [0.2, 0.25) is 0 Å². The number of rotatable bonds is 10. The Hall–Kier alpha value is -5.98. The number of phenolic OH excluding ortho intramolecular Hbond substituents is 3. The summed E-state index contributed by atoms with van der Waals surface area (Å²) < 4.78 is 17.1. The zero-order valence-corrected chi connectivity index (χ0v) is 30.5. The van der Waals surface area contributed by atoms with E-state index in [0.29, 0.717) is 24.1 Å². The second kappa shape index (κ2) is 14.8. The number of carboxylic acid groups (broad SMARTS) is 1. The lowest BCUT2D eigenvalue weighted by Gasteiger charge is -2.49. The maximum atomic E-state index is 13.7. The van der Waals surface area contributed by atoms with Crippen molar-refractivity contribution in [2.75, 3.05) is 20.1 Å². The van der Waals surface area contributed by atoms with Gasteiger partial charge in [-0.05, 0) is 66.3 Å². The van der Waals surface area contributed by atoms with E-state index < -0.39 is 82.2 Å². The summed E-state index contributed by atoms with van der Waals surface area (Å²) in [6, 6.07) is 14.5. The molecule has 0 spiro atoms. The third kappa shape index (κ3) is 6.62. The van der Waals surface area contributed by atoms with Crippen molar-refractivity contribution in [2.24, 2.45) is 27.8 Å². The van der Waals surface area contributed by atoms with Crippen LogP contribution in [-0.2, 0) is 14.3 Å². The highest BCUT2D eigenvalue weighted by Crippen LogP contribution is 2.58. The van der Waals surface area contributed by atoms with E-state index >= 15 is 0 Å². The largest absolute Gasteiger partial charge is 0.508 e. The summed E-state index contributed by atoms with van der Waals surface area (Å²) in [7, 11) is 1.78. The van der Waals surface area contributed by atoms with E-state index in [2.05, 4.69) is 16.4 Å². The van der Waals surface area contributed by atoms with Crippen molar-refractivity contribution in [3.63, 3.8) is 0 Å². The Labute approximate surface area is 324 Å². The molecule has 0 bridgehead atoms. The number of aliphatic hydroxyl groups excluding tert-OH is 2. The molecule has 12 N–H and O–H groups in total. The van der Waals surface area contributed by atoms with Gasteiger partial charge >= 0.3 is 5.97 Å². The molecule has 0 unspecified atom stereocenters. The fourth-order valence-electron chi connectivity index (χ4n) is 8.68. The number of aliphatic carboxylic acids is 1. The molecule has 4 aromatic rings. The number of allylic oxidation sites excluding steroid dienone is 1. The molecule has 17 heteroatoms. The predicted octanol–water partition coefficient (Wildman–Crippen LogP) is 1.33. The lowest BCUT2D eigenvalue weighted by atomic mass is 9.55. The van der Waals surface area contributed by atoms with Crippen molar-refractivity contribution in [3.05, 3.63) is 81.5 Å². The minimum atomic E-state index is -2.75. The predicted molar refractivity (Wildman–Crippen MR) is 204 cm³/mol. The number of aromatic hydroxyl groups is 3. The van der Waals surface area contributed by atoms with Crippen LogP contribution in [0.5, 0.6) is 23.0 Å². The zero-order chi connectivity index (χ0) is 41.0. The van der Waals surface area contributed by atoms with Gasteiger partial charge in [-0.25, -0.2) is 4.79 Å². The van der Waals surface area contributed by atoms with E-state index in [1.165, 1.54) is 12.1 Å². The Balaban J connectivity index is 1.36. The van der Waals surface area contributed by atoms with Crippen LogP contribution in [0.3, 0.4) is 0 Å². The van der Waals surface area contributed by atoms with E-state index in [0.717, 1.165) is 48.0 Å². The first-order valence-corrected chi connectivity index (χ1v) is 18.1. The molecular weight excluding hydrogens is 744 g/mol. The van der Waals surface area contributed by atoms with Crippen molar-refractivity contribution in [3.8, 4) is 34.3 Å². The molecule has 1 saturated carbocycles. The van der Waals surface area contributed by atoms with Crippen LogP contribution >= 0.6 is 0 Å². The number of carboxylic acids is 1. The SMILES string of the molecule is CNC[C@]1(C=O)CCC[C@@H]2c3ccccc3C=C(c3cc(O)ccc3-c3cc(=O)c4c(O)c(O)c(O[C@@H]5O[C@H](C(=O)O)[C@@H](O)[C@@](O)(CN=C(N)N)[C@H]5O)cc4o3)[C@@H]21. The smallest absolute Gasteiger partial charge is 0.335 e. The number of carbonyl (C=O) groups excluding carboxylic acids is 1. The molecule has 2 aliphatic carbocycles. The minimum absolute atomic E-state index is 0.0365. The lowest BCUT2D eigenvalue weighted by molar-refractivity contribution is -0.303. The van der Waals surface area contributed by atoms with Gasteiger partial charge in [-0.3, -0.25) is 9.79 Å². The van der Waals surface area contributed by atoms with Crippen LogP contribution in [0.1, 0.15) is 41.9 Å². The summed E-state index contributed by atoms with van der Waals surface area (Å²) >= 11 is 0. The maximum Gasteiger partial charge on any atom is 0.335 e. The maximum absolute atomic E-state index is 13.7. The Morgan fingerprint density at radius 3 is 2.51 bits per heavy atom. The topological polar surface area (TPSA) is 301 Å². The summed E-state index contributed by atoms with van der Waals surface area (Å²) in [5.74, 6) is -5.55. The molecule has 1 aromatic heterocycles. The first-order valence-electron chi connectivity index (χ1n) is 18.1. The van der Waals surface area contributed by atoms with Gasteiger partial charge in [0.05, 0.1) is 6.54 Å². The molecule has 17 nitrogen and oxygen atoms in total. The minimum Gasteiger partial charge on any atom is -0.508 e. The number of hydrogen-bond acceptors (Lipinski definition) is 14. The van der Waals surface area contributed by atoms with Crippen molar-refractivity contribution >= 4 is 40.8 Å². The van der Waals surface area contributed by atoms with Gasteiger partial charge < -0.3 is 71.2 Å². The summed E-state index contributed by atoms with van der Waals surface area (Å²) in [6.07, 6.45) is -3.62. The Kier molecular flexibility index (Phi) is 10.2. The molecule has 2 fully saturated rings. The first kappa shape index (κ1) is 39.3. The monoisotopic (exact) mass is 786 g/mol. The number of aliphatic hydroxyl groups is 3. The number of benzene rings is 3. The van der Waals surface area contributed by atoms with Crippen LogP contribution in [0.4, 0.5) is 0 Å². The van der Waals surface area contributed by atoms with Crippen LogP contribution < -0.4 is 26.9 Å². The Bertz CT molecular complexity index is 2370. The van der Waals surface area contributed by atoms with Gasteiger partial charge in [0.15, 0.2) is 29.0 Å². The van der Waals surface area contributed by atoms with Crippen molar-refractivity contribution in [1.29, 1.82) is 0 Å². The number of aliphatic imine (C=N–C) groups is 1. The van der Waals surface area contributed by atoms with Gasteiger partial charge in [-0.1, -0.05) is 36.8 Å². The molecule has 2 heterocycles. The highest BCUT2D eigenvalue weighted by molar-refractivity contribution is 5.95. The summed E-state index contributed by atoms with van der Waals surface area (Å²) in [5, 5.41) is 78.3. The molecule has 0 radical (unpaired) electrons. The summed E-state index contributed by atoms with van der Waals surface area (Å²) in [4.78, 5) is 42.4. The van der Waals surface area contributed by atoms with Gasteiger partial charge in [0.25, 0.3) is 0 Å². The number of nitrogens with two attached hydrogens (primary N) is 2. The Morgan fingerprint density at radius 1 is 1.05 bits per heavy atom. The molecule has 8 atom stereocenters. The van der Waals surface area contributed by atoms with Crippen molar-refractivity contribution < 1.29 is 59.2 Å². The molecule has 7 rings (SSSR count). The van der Waals surface area contributed by atoms with Gasteiger partial charge in [-0.2, -0.15) is 0 Å². The average Bonchev–Trinajstić information content (AvgIpc) is 3.18. The highest BCUT2D eigenvalue weighted by Gasteiger charge is 2.58. The number of guanidine groups is 1. The molecule has 300 valence electrons. The molecule has 1 aliphatic heterocycles. The van der Waals surface area contributed by atoms with Crippen molar-refractivity contribution in [1.82, 2.24) is 5.32 Å². The summed E-state index contributed by atoms with van der Waals surface area (Å²) in [5.41, 5.74) is 9.58. The summed E-state index contributed by atoms with van der Waals surface area (Å²) in [6.45, 7) is -0.501. The average molecular weight is 787 g/mol. The van der Waals surface area contributed by atoms with Crippen LogP contribution in [0, 0.1) is 11.3 Å². The van der Waals surface area contributed by atoms with Gasteiger partial charge in [0.1, 0.15) is 46.6 Å². The first-order chi connectivity index (χ1) is 27.1. The number of carbonyl (C=O) groups is 2. The van der Waals surface area contributed by atoms with Crippen LogP contribution in [-0.4, -0.2) is 104 Å². The number of fused-ring (bicyclic) bond motifs is 4. The highest BCUT2D eigenvalue weighted by atomic mass is 16.7. The molecular formula is C40H42N4O13. The number of aldehydes is 1. The van der Waals surface area contributed by atoms with E-state index in [4.69, 9.17) is 25.4 Å². The zero-order valence-electron chi connectivity index (χ0n) is 30.5.